The molecule has 6 nitrogen and oxygen atoms in total. The number of nitrogens with one attached hydrogen (secondary N) is 2. The zero-order chi connectivity index (χ0) is 17.4. The Balaban J connectivity index is 1.75. The predicted octanol–water partition coefficient (Wildman–Crippen LogP) is 1.68. The van der Waals surface area contributed by atoms with Crippen molar-refractivity contribution >= 4 is 33.2 Å². The van der Waals surface area contributed by atoms with Crippen molar-refractivity contribution in [2.45, 2.75) is 11.4 Å². The van der Waals surface area contributed by atoms with Gasteiger partial charge < -0.3 is 15.5 Å². The van der Waals surface area contributed by atoms with Crippen LogP contribution in [0.3, 0.4) is 0 Å². The zero-order valence-electron chi connectivity index (χ0n) is 14.2. The fourth-order valence-electron chi connectivity index (χ4n) is 1.93. The zero-order valence-corrected chi connectivity index (χ0v) is 15.8. The number of hydrogen-bond acceptors (Lipinski definition) is 5. The average molecular weight is 366 g/mol. The van der Waals surface area contributed by atoms with Gasteiger partial charge in [-0.25, -0.2) is 4.98 Å². The summed E-state index contributed by atoms with van der Waals surface area (Å²) in [7, 11) is 4.66. The normalized spacial score (nSPS) is 12.7. The monoisotopic (exact) mass is 365 g/mol. The Morgan fingerprint density at radius 2 is 2.04 bits per heavy atom. The van der Waals surface area contributed by atoms with E-state index in [4.69, 9.17) is 0 Å². The second kappa shape index (κ2) is 9.39. The van der Waals surface area contributed by atoms with E-state index in [2.05, 4.69) is 20.6 Å². The topological polar surface area (TPSA) is 69.6 Å². The summed E-state index contributed by atoms with van der Waals surface area (Å²) in [6.45, 7) is 1.19. The van der Waals surface area contributed by atoms with Crippen molar-refractivity contribution < 1.29 is 4.21 Å². The molecule has 1 aromatic carbocycles. The van der Waals surface area contributed by atoms with Crippen molar-refractivity contribution in [3.8, 4) is 0 Å². The number of thiazole rings is 1. The van der Waals surface area contributed by atoms with Gasteiger partial charge in [0.2, 0.25) is 0 Å². The van der Waals surface area contributed by atoms with Crippen LogP contribution in [0, 0.1) is 0 Å². The minimum atomic E-state index is -1.01. The fourth-order valence-corrected chi connectivity index (χ4v) is 3.67. The van der Waals surface area contributed by atoms with Gasteiger partial charge in [0.05, 0.1) is 23.0 Å². The van der Waals surface area contributed by atoms with E-state index < -0.39 is 10.8 Å². The third-order valence-corrected chi connectivity index (χ3v) is 5.60. The number of rotatable bonds is 7. The summed E-state index contributed by atoms with van der Waals surface area (Å²) in [4.78, 5) is 11.5. The Labute approximate surface area is 149 Å². The van der Waals surface area contributed by atoms with Gasteiger partial charge in [-0.3, -0.25) is 9.20 Å². The summed E-state index contributed by atoms with van der Waals surface area (Å²) >= 11 is 1.61. The first-order valence-corrected chi connectivity index (χ1v) is 9.79. The van der Waals surface area contributed by atoms with Gasteiger partial charge in [0, 0.05) is 43.7 Å². The lowest BCUT2D eigenvalue weighted by atomic mass is 10.4. The Morgan fingerprint density at radius 3 is 2.67 bits per heavy atom. The molecule has 24 heavy (non-hydrogen) atoms. The highest BCUT2D eigenvalue weighted by molar-refractivity contribution is 7.85. The maximum Gasteiger partial charge on any atom is 0.191 e. The highest BCUT2D eigenvalue weighted by atomic mass is 32.2. The van der Waals surface area contributed by atoms with E-state index in [1.54, 1.807) is 18.4 Å². The molecule has 1 heterocycles. The van der Waals surface area contributed by atoms with Crippen LogP contribution in [0.5, 0.6) is 0 Å². The van der Waals surface area contributed by atoms with Gasteiger partial charge >= 0.3 is 0 Å². The summed E-state index contributed by atoms with van der Waals surface area (Å²) in [5.74, 6) is 1.21. The maximum absolute atomic E-state index is 12.2. The predicted molar refractivity (Wildman–Crippen MR) is 102 cm³/mol. The number of aliphatic imine (C=N–C) groups is 1. The third-order valence-electron chi connectivity index (χ3n) is 3.17. The van der Waals surface area contributed by atoms with Crippen LogP contribution in [0.2, 0.25) is 0 Å². The Morgan fingerprint density at radius 1 is 1.29 bits per heavy atom. The van der Waals surface area contributed by atoms with Crippen molar-refractivity contribution in [2.24, 2.45) is 4.99 Å². The highest BCUT2D eigenvalue weighted by Crippen LogP contribution is 2.17. The molecule has 2 N–H and O–H groups in total. The third kappa shape index (κ3) is 5.61. The number of guanidine groups is 1. The van der Waals surface area contributed by atoms with E-state index in [0.717, 1.165) is 15.7 Å². The number of benzene rings is 1. The molecular weight excluding hydrogens is 342 g/mol. The van der Waals surface area contributed by atoms with Crippen molar-refractivity contribution in [1.29, 1.82) is 0 Å². The molecule has 1 unspecified atom stereocenters. The molecule has 0 bridgehead atoms. The SMILES string of the molecule is CN=C(NCCS(=O)c1ccccc1)NCc1csc(N(C)C)n1. The van der Waals surface area contributed by atoms with Gasteiger partial charge in [0.1, 0.15) is 0 Å². The van der Waals surface area contributed by atoms with Gasteiger partial charge in [0.15, 0.2) is 11.1 Å². The Kier molecular flexibility index (Phi) is 7.20. The van der Waals surface area contributed by atoms with E-state index in [9.17, 15) is 4.21 Å². The molecule has 1 atom stereocenters. The second-order valence-electron chi connectivity index (χ2n) is 5.23. The minimum Gasteiger partial charge on any atom is -0.355 e. The van der Waals surface area contributed by atoms with E-state index >= 15 is 0 Å². The van der Waals surface area contributed by atoms with Crippen LogP contribution in [0.25, 0.3) is 0 Å². The quantitative estimate of drug-likeness (QED) is 0.577. The molecule has 0 amide bonds. The van der Waals surface area contributed by atoms with Crippen LogP contribution in [0.4, 0.5) is 5.13 Å². The van der Waals surface area contributed by atoms with Crippen LogP contribution in [0.15, 0.2) is 45.6 Å². The van der Waals surface area contributed by atoms with Crippen molar-refractivity contribution in [1.82, 2.24) is 15.6 Å². The first-order chi connectivity index (χ1) is 11.6. The standard InChI is InChI=1S/C16H23N5OS2/c1-17-15(19-11-13-12-23-16(20-13)21(2)3)18-9-10-24(22)14-7-5-4-6-8-14/h4-8,12H,9-11H2,1-3H3,(H2,17,18,19). The molecule has 0 aliphatic heterocycles. The van der Waals surface area contributed by atoms with Crippen molar-refractivity contribution in [2.75, 3.05) is 38.3 Å². The lowest BCUT2D eigenvalue weighted by Gasteiger charge is -2.11. The largest absolute Gasteiger partial charge is 0.355 e. The molecule has 0 radical (unpaired) electrons. The molecule has 0 aliphatic rings. The summed E-state index contributed by atoms with van der Waals surface area (Å²) in [6.07, 6.45) is 0. The molecular formula is C16H23N5OS2. The van der Waals surface area contributed by atoms with Gasteiger partial charge in [-0.15, -0.1) is 11.3 Å². The molecule has 8 heteroatoms. The molecule has 0 fully saturated rings. The first kappa shape index (κ1) is 18.4. The molecule has 0 saturated carbocycles. The number of hydrogen-bond donors (Lipinski definition) is 2. The van der Waals surface area contributed by atoms with Gasteiger partial charge in [-0.2, -0.15) is 0 Å². The van der Waals surface area contributed by atoms with Gasteiger partial charge in [-0.1, -0.05) is 18.2 Å². The fraction of sp³-hybridized carbons (Fsp3) is 0.375. The molecule has 0 aliphatic carbocycles. The summed E-state index contributed by atoms with van der Waals surface area (Å²) in [5, 5.41) is 9.41. The van der Waals surface area contributed by atoms with Crippen molar-refractivity contribution in [3.63, 3.8) is 0 Å². The van der Waals surface area contributed by atoms with Gasteiger partial charge in [-0.05, 0) is 12.1 Å². The lowest BCUT2D eigenvalue weighted by Crippen LogP contribution is -2.38. The molecule has 2 aromatic rings. The second-order valence-corrected chi connectivity index (χ2v) is 7.64. The average Bonchev–Trinajstić information content (AvgIpc) is 3.08. The summed E-state index contributed by atoms with van der Waals surface area (Å²) < 4.78 is 12.2. The lowest BCUT2D eigenvalue weighted by molar-refractivity contribution is 0.681. The number of aromatic nitrogens is 1. The molecule has 1 aromatic heterocycles. The van der Waals surface area contributed by atoms with Crippen molar-refractivity contribution in [3.05, 3.63) is 41.4 Å². The Bertz CT molecular complexity index is 685. The minimum absolute atomic E-state index is 0.534. The number of nitrogens with zero attached hydrogens (tertiary/aromatic N) is 3. The van der Waals surface area contributed by atoms with Crippen LogP contribution in [-0.2, 0) is 17.3 Å². The van der Waals surface area contributed by atoms with Crippen LogP contribution >= 0.6 is 11.3 Å². The number of anilines is 1. The summed E-state index contributed by atoms with van der Waals surface area (Å²) in [5.41, 5.74) is 0.972. The van der Waals surface area contributed by atoms with Crippen LogP contribution < -0.4 is 15.5 Å². The van der Waals surface area contributed by atoms with Gasteiger partial charge in [0.25, 0.3) is 0 Å². The molecule has 2 rings (SSSR count). The van der Waals surface area contributed by atoms with E-state index in [1.807, 2.05) is 54.7 Å². The Hall–Kier alpha value is -1.93. The molecule has 0 spiro atoms. The van der Waals surface area contributed by atoms with E-state index in [0.29, 0.717) is 24.8 Å². The first-order valence-electron chi connectivity index (χ1n) is 7.60. The van der Waals surface area contributed by atoms with E-state index in [-0.39, 0.29) is 0 Å². The smallest absolute Gasteiger partial charge is 0.191 e. The molecule has 130 valence electrons. The van der Waals surface area contributed by atoms with Crippen LogP contribution in [-0.4, -0.2) is 48.6 Å². The summed E-state index contributed by atoms with van der Waals surface area (Å²) in [6, 6.07) is 9.49. The van der Waals surface area contributed by atoms with E-state index in [1.165, 1.54) is 0 Å². The van der Waals surface area contributed by atoms with Crippen LogP contribution in [0.1, 0.15) is 5.69 Å². The maximum atomic E-state index is 12.2. The highest BCUT2D eigenvalue weighted by Gasteiger charge is 2.06. The molecule has 0 saturated heterocycles.